The van der Waals surface area contributed by atoms with E-state index in [1.807, 2.05) is 37.3 Å². The molecule has 1 heterocycles. The first-order valence-electron chi connectivity index (χ1n) is 9.57. The maximum Gasteiger partial charge on any atom is 0.240 e. The van der Waals surface area contributed by atoms with Crippen LogP contribution in [0.15, 0.2) is 59.5 Å². The minimum atomic E-state index is -3.43. The van der Waals surface area contributed by atoms with E-state index in [0.717, 1.165) is 50.0 Å². The van der Waals surface area contributed by atoms with Crippen LogP contribution in [-0.2, 0) is 15.6 Å². The smallest absolute Gasteiger partial charge is 0.240 e. The van der Waals surface area contributed by atoms with Crippen LogP contribution in [0.25, 0.3) is 0 Å². The number of sulfonamides is 1. The quantitative estimate of drug-likeness (QED) is 0.461. The summed E-state index contributed by atoms with van der Waals surface area (Å²) in [5.41, 5.74) is 1.31. The summed E-state index contributed by atoms with van der Waals surface area (Å²) in [6.45, 7) is 5.07. The number of nitrogens with one attached hydrogen (secondary N) is 2. The molecule has 1 aliphatic rings. The number of aryl methyl sites for hydroxylation is 1. The van der Waals surface area contributed by atoms with Crippen molar-refractivity contribution in [3.63, 3.8) is 0 Å². The van der Waals surface area contributed by atoms with E-state index in [4.69, 9.17) is 0 Å². The Bertz CT molecular complexity index is 834. The van der Waals surface area contributed by atoms with Gasteiger partial charge in [-0.2, -0.15) is 0 Å². The molecule has 1 fully saturated rings. The van der Waals surface area contributed by atoms with Crippen LogP contribution in [0.4, 0.5) is 0 Å². The lowest BCUT2D eigenvalue weighted by molar-refractivity contribution is -0.908. The van der Waals surface area contributed by atoms with Gasteiger partial charge < -0.3 is 22.4 Å². The van der Waals surface area contributed by atoms with Crippen LogP contribution < -0.4 is 22.0 Å². The molecular formula is C21H29ClN2O3S. The number of piperidine rings is 1. The van der Waals surface area contributed by atoms with E-state index in [9.17, 15) is 13.5 Å². The molecule has 0 saturated carbocycles. The molecule has 0 amide bonds. The highest BCUT2D eigenvalue weighted by molar-refractivity contribution is 7.89. The Kier molecular flexibility index (Phi) is 8.04. The van der Waals surface area contributed by atoms with Crippen molar-refractivity contribution < 1.29 is 30.8 Å². The molecule has 1 saturated heterocycles. The molecule has 3 rings (SSSR count). The summed E-state index contributed by atoms with van der Waals surface area (Å²) in [6, 6.07) is 16.8. The first-order valence-corrected chi connectivity index (χ1v) is 11.1. The third kappa shape index (κ3) is 5.78. The Morgan fingerprint density at radius 1 is 1.04 bits per heavy atom. The fourth-order valence-corrected chi connectivity index (χ4v) is 4.72. The average molecular weight is 425 g/mol. The summed E-state index contributed by atoms with van der Waals surface area (Å²) < 4.78 is 27.3. The van der Waals surface area contributed by atoms with Gasteiger partial charge in [-0.05, 0) is 24.6 Å². The lowest BCUT2D eigenvalue weighted by Crippen LogP contribution is -3.13. The first-order chi connectivity index (χ1) is 12.9. The number of halogens is 1. The van der Waals surface area contributed by atoms with Crippen molar-refractivity contribution in [3.05, 3.63) is 65.7 Å². The molecule has 1 aliphatic heterocycles. The van der Waals surface area contributed by atoms with Crippen molar-refractivity contribution in [1.82, 2.24) is 4.72 Å². The van der Waals surface area contributed by atoms with E-state index in [1.54, 1.807) is 24.3 Å². The van der Waals surface area contributed by atoms with Crippen LogP contribution in [-0.4, -0.2) is 39.7 Å². The molecule has 2 aromatic rings. The van der Waals surface area contributed by atoms with Gasteiger partial charge in [0.15, 0.2) is 0 Å². The zero-order valence-electron chi connectivity index (χ0n) is 16.2. The second kappa shape index (κ2) is 9.85. The van der Waals surface area contributed by atoms with Gasteiger partial charge in [-0.25, -0.2) is 13.1 Å². The molecule has 0 radical (unpaired) electrons. The number of quaternary nitrogens is 1. The van der Waals surface area contributed by atoms with Crippen molar-refractivity contribution in [2.75, 3.05) is 26.2 Å². The molecule has 0 bridgehead atoms. The molecule has 2 aromatic carbocycles. The molecule has 7 heteroatoms. The molecule has 0 aliphatic carbocycles. The standard InChI is InChI=1S/C21H28N2O3S.ClH/c1-18-8-10-20(11-9-18)27(25,26)22-14-5-15-23-16-12-21(24,13-17-23)19-6-3-2-4-7-19;/h2-4,6-11,22,24H,5,12-17H2,1H3;1H. The van der Waals surface area contributed by atoms with Crippen molar-refractivity contribution >= 4 is 10.0 Å². The van der Waals surface area contributed by atoms with Crippen LogP contribution in [0.2, 0.25) is 0 Å². The van der Waals surface area contributed by atoms with E-state index in [-0.39, 0.29) is 12.4 Å². The number of rotatable bonds is 7. The molecule has 0 atom stereocenters. The molecule has 5 nitrogen and oxygen atoms in total. The monoisotopic (exact) mass is 424 g/mol. The molecule has 28 heavy (non-hydrogen) atoms. The number of benzene rings is 2. The average Bonchev–Trinajstić information content (AvgIpc) is 2.68. The predicted octanol–water partition coefficient (Wildman–Crippen LogP) is -1.77. The van der Waals surface area contributed by atoms with Crippen LogP contribution in [0, 0.1) is 6.92 Å². The predicted molar refractivity (Wildman–Crippen MR) is 106 cm³/mol. The summed E-state index contributed by atoms with van der Waals surface area (Å²) in [4.78, 5) is 1.73. The van der Waals surface area contributed by atoms with Gasteiger partial charge in [0.2, 0.25) is 10.0 Å². The Balaban J connectivity index is 0.00000280. The lowest BCUT2D eigenvalue weighted by Gasteiger charge is -2.36. The maximum absolute atomic E-state index is 12.3. The summed E-state index contributed by atoms with van der Waals surface area (Å²) >= 11 is 0. The van der Waals surface area contributed by atoms with Crippen molar-refractivity contribution in [3.8, 4) is 0 Å². The maximum atomic E-state index is 12.3. The minimum absolute atomic E-state index is 0. The Morgan fingerprint density at radius 3 is 2.25 bits per heavy atom. The SMILES string of the molecule is Cc1ccc(S(=O)(=O)NCCC[NH+]2CCC(O)(c3ccccc3)CC2)cc1.[Cl-]. The van der Waals surface area contributed by atoms with Gasteiger partial charge in [0, 0.05) is 25.8 Å². The highest BCUT2D eigenvalue weighted by Gasteiger charge is 2.35. The summed E-state index contributed by atoms with van der Waals surface area (Å²) in [5, 5.41) is 10.9. The van der Waals surface area contributed by atoms with Crippen LogP contribution >= 0.6 is 0 Å². The van der Waals surface area contributed by atoms with Gasteiger partial charge >= 0.3 is 0 Å². The number of hydrogen-bond acceptors (Lipinski definition) is 3. The number of hydrogen-bond donors (Lipinski definition) is 3. The zero-order valence-corrected chi connectivity index (χ0v) is 17.8. The lowest BCUT2D eigenvalue weighted by atomic mass is 9.84. The molecular weight excluding hydrogens is 396 g/mol. The van der Waals surface area contributed by atoms with Crippen LogP contribution in [0.3, 0.4) is 0 Å². The van der Waals surface area contributed by atoms with Gasteiger partial charge in [-0.3, -0.25) is 0 Å². The normalized spacial score (nSPS) is 22.4. The van der Waals surface area contributed by atoms with E-state index < -0.39 is 15.6 Å². The third-order valence-electron chi connectivity index (χ3n) is 5.43. The fourth-order valence-electron chi connectivity index (χ4n) is 3.65. The Morgan fingerprint density at radius 2 is 1.64 bits per heavy atom. The number of likely N-dealkylation sites (tertiary alicyclic amines) is 1. The van der Waals surface area contributed by atoms with Crippen LogP contribution in [0.5, 0.6) is 0 Å². The minimum Gasteiger partial charge on any atom is -1.00 e. The highest BCUT2D eigenvalue weighted by atomic mass is 35.5. The molecule has 0 unspecified atom stereocenters. The largest absolute Gasteiger partial charge is 1.00 e. The van der Waals surface area contributed by atoms with Crippen LogP contribution in [0.1, 0.15) is 30.4 Å². The summed E-state index contributed by atoms with van der Waals surface area (Å²) in [7, 11) is -3.43. The van der Waals surface area contributed by atoms with E-state index in [1.165, 1.54) is 4.90 Å². The molecule has 154 valence electrons. The van der Waals surface area contributed by atoms with Crippen molar-refractivity contribution in [2.45, 2.75) is 36.7 Å². The zero-order chi connectivity index (χ0) is 19.3. The van der Waals surface area contributed by atoms with E-state index in [0.29, 0.717) is 11.4 Å². The summed E-state index contributed by atoms with van der Waals surface area (Å²) in [6.07, 6.45) is 2.26. The van der Waals surface area contributed by atoms with Crippen molar-refractivity contribution in [2.24, 2.45) is 0 Å². The van der Waals surface area contributed by atoms with E-state index in [2.05, 4.69) is 4.72 Å². The second-order valence-electron chi connectivity index (χ2n) is 7.46. The third-order valence-corrected chi connectivity index (χ3v) is 6.90. The molecule has 0 spiro atoms. The van der Waals surface area contributed by atoms with Gasteiger partial charge in [0.25, 0.3) is 0 Å². The van der Waals surface area contributed by atoms with E-state index >= 15 is 0 Å². The highest BCUT2D eigenvalue weighted by Crippen LogP contribution is 2.28. The topological polar surface area (TPSA) is 70.8 Å². The Hall–Kier alpha value is -1.44. The van der Waals surface area contributed by atoms with Gasteiger partial charge in [0.05, 0.1) is 24.5 Å². The van der Waals surface area contributed by atoms with Gasteiger partial charge in [-0.15, -0.1) is 0 Å². The van der Waals surface area contributed by atoms with Gasteiger partial charge in [-0.1, -0.05) is 48.0 Å². The second-order valence-corrected chi connectivity index (χ2v) is 9.23. The first kappa shape index (κ1) is 22.8. The number of aliphatic hydroxyl groups is 1. The van der Waals surface area contributed by atoms with Crippen molar-refractivity contribution in [1.29, 1.82) is 0 Å². The molecule has 0 aromatic heterocycles. The Labute approximate surface area is 174 Å². The molecule has 3 N–H and O–H groups in total. The van der Waals surface area contributed by atoms with Gasteiger partial charge in [0.1, 0.15) is 5.60 Å². The summed E-state index contributed by atoms with van der Waals surface area (Å²) in [5.74, 6) is 0. The fraction of sp³-hybridized carbons (Fsp3) is 0.429.